The van der Waals surface area contributed by atoms with Crippen LogP contribution < -0.4 is 15.3 Å². The third kappa shape index (κ3) is 4.45. The van der Waals surface area contributed by atoms with Crippen molar-refractivity contribution in [1.29, 1.82) is 0 Å². The summed E-state index contributed by atoms with van der Waals surface area (Å²) in [6.07, 6.45) is 1.78. The summed E-state index contributed by atoms with van der Waals surface area (Å²) in [5, 5.41) is 14.1. The molecule has 3 rings (SSSR count). The van der Waals surface area contributed by atoms with Gasteiger partial charge in [-0.05, 0) is 6.07 Å². The fraction of sp³-hybridized carbons (Fsp3) is 0.300. The summed E-state index contributed by atoms with van der Waals surface area (Å²) in [6.45, 7) is 2.97. The fourth-order valence-corrected chi connectivity index (χ4v) is 3.35. The number of quaternary nitrogens is 1. The van der Waals surface area contributed by atoms with E-state index in [1.54, 1.807) is 12.1 Å². The van der Waals surface area contributed by atoms with Gasteiger partial charge in [0, 0.05) is 35.6 Å². The second-order valence-corrected chi connectivity index (χ2v) is 6.49. The fourth-order valence-electron chi connectivity index (χ4n) is 3.35. The van der Waals surface area contributed by atoms with Gasteiger partial charge < -0.3 is 20.1 Å². The zero-order valence-electron chi connectivity index (χ0n) is 14.0. The maximum atomic E-state index is 12.4. The lowest BCUT2D eigenvalue weighted by Crippen LogP contribution is -3.12. The summed E-state index contributed by atoms with van der Waals surface area (Å²) >= 11 is 0. The van der Waals surface area contributed by atoms with E-state index in [1.165, 1.54) is 22.6 Å². The van der Waals surface area contributed by atoms with E-state index < -0.39 is 5.97 Å². The van der Waals surface area contributed by atoms with E-state index in [4.69, 9.17) is 0 Å². The van der Waals surface area contributed by atoms with Crippen LogP contribution in [0.25, 0.3) is 0 Å². The number of carboxylic acid groups (broad SMARTS) is 1. The molecule has 5 heteroatoms. The quantitative estimate of drug-likeness (QED) is 0.808. The number of benzene rings is 2. The van der Waals surface area contributed by atoms with Gasteiger partial charge in [0.25, 0.3) is 5.91 Å². The normalized spacial score (nSPS) is 20.0. The average molecular weight is 338 g/mol. The van der Waals surface area contributed by atoms with Crippen LogP contribution in [0, 0.1) is 0 Å². The molecule has 2 aromatic rings. The van der Waals surface area contributed by atoms with Crippen LogP contribution in [-0.2, 0) is 6.54 Å². The van der Waals surface area contributed by atoms with Crippen LogP contribution in [0.5, 0.6) is 0 Å². The van der Waals surface area contributed by atoms with Crippen LogP contribution in [-0.4, -0.2) is 31.0 Å². The summed E-state index contributed by atoms with van der Waals surface area (Å²) in [7, 11) is 0. The van der Waals surface area contributed by atoms with Gasteiger partial charge in [0.2, 0.25) is 0 Å². The van der Waals surface area contributed by atoms with Crippen LogP contribution >= 0.6 is 0 Å². The van der Waals surface area contributed by atoms with Gasteiger partial charge in [0.15, 0.2) is 0 Å². The molecule has 5 nitrogen and oxygen atoms in total. The Balaban J connectivity index is 1.54. The Bertz CT molecular complexity index is 738. The molecule has 130 valence electrons. The van der Waals surface area contributed by atoms with E-state index in [0.29, 0.717) is 0 Å². The zero-order valence-corrected chi connectivity index (χ0v) is 14.0. The van der Waals surface area contributed by atoms with E-state index in [1.807, 2.05) is 6.07 Å². The Labute approximate surface area is 147 Å². The third-order valence-electron chi connectivity index (χ3n) is 4.72. The number of piperidine rings is 1. The number of carbonyl (C=O) groups excluding carboxylic acids is 2. The molecule has 1 heterocycles. The maximum Gasteiger partial charge on any atom is 0.252 e. The molecule has 2 N–H and O–H groups in total. The van der Waals surface area contributed by atoms with Gasteiger partial charge in [0.1, 0.15) is 6.54 Å². The SMILES string of the molecule is O=C([O-])c1ccccc1C(=O)NC1CC[NH+](Cc2ccccc2)CC1. The molecule has 0 atom stereocenters. The van der Waals surface area contributed by atoms with Gasteiger partial charge in [-0.25, -0.2) is 0 Å². The zero-order chi connectivity index (χ0) is 17.6. The Hall–Kier alpha value is -2.66. The second-order valence-electron chi connectivity index (χ2n) is 6.49. The molecule has 25 heavy (non-hydrogen) atoms. The molecular formula is C20H22N2O3. The first-order valence-corrected chi connectivity index (χ1v) is 8.62. The standard InChI is InChI=1S/C20H22N2O3/c23-19(17-8-4-5-9-18(17)20(24)25)21-16-10-12-22(13-11-16)14-15-6-2-1-3-7-15/h1-9,16H,10-14H2,(H,21,23)(H,24,25). The number of carboxylic acids is 1. The molecule has 0 bridgehead atoms. The molecule has 2 aromatic carbocycles. The molecule has 0 unspecified atom stereocenters. The highest BCUT2D eigenvalue weighted by molar-refractivity contribution is 6.04. The number of carbonyl (C=O) groups is 2. The lowest BCUT2D eigenvalue weighted by atomic mass is 10.0. The predicted molar refractivity (Wildman–Crippen MR) is 92.1 cm³/mol. The van der Waals surface area contributed by atoms with Crippen molar-refractivity contribution >= 4 is 11.9 Å². The Morgan fingerprint density at radius 2 is 1.56 bits per heavy atom. The van der Waals surface area contributed by atoms with Gasteiger partial charge in [-0.2, -0.15) is 0 Å². The summed E-state index contributed by atoms with van der Waals surface area (Å²) < 4.78 is 0. The van der Waals surface area contributed by atoms with Crippen molar-refractivity contribution in [1.82, 2.24) is 5.32 Å². The number of rotatable bonds is 5. The van der Waals surface area contributed by atoms with E-state index in [0.717, 1.165) is 32.5 Å². The van der Waals surface area contributed by atoms with Crippen molar-refractivity contribution < 1.29 is 19.6 Å². The van der Waals surface area contributed by atoms with E-state index in [2.05, 4.69) is 29.6 Å². The van der Waals surface area contributed by atoms with Gasteiger partial charge in [-0.3, -0.25) is 4.79 Å². The average Bonchev–Trinajstić information content (AvgIpc) is 2.64. The van der Waals surface area contributed by atoms with Gasteiger partial charge in [0.05, 0.1) is 19.1 Å². The maximum absolute atomic E-state index is 12.4. The van der Waals surface area contributed by atoms with Crippen LogP contribution in [0.2, 0.25) is 0 Å². The molecule has 1 amide bonds. The van der Waals surface area contributed by atoms with Crippen molar-refractivity contribution in [3.05, 3.63) is 71.3 Å². The molecule has 1 aliphatic rings. The number of hydrogen-bond acceptors (Lipinski definition) is 3. The Kier molecular flexibility index (Phi) is 5.46. The first-order chi connectivity index (χ1) is 12.1. The topological polar surface area (TPSA) is 73.7 Å². The van der Waals surface area contributed by atoms with Crippen LogP contribution in [0.1, 0.15) is 39.1 Å². The van der Waals surface area contributed by atoms with Gasteiger partial charge in [-0.1, -0.05) is 48.5 Å². The Morgan fingerprint density at radius 3 is 2.20 bits per heavy atom. The minimum Gasteiger partial charge on any atom is -0.545 e. The number of amides is 1. The highest BCUT2D eigenvalue weighted by Crippen LogP contribution is 2.10. The number of hydrogen-bond donors (Lipinski definition) is 2. The molecule has 1 saturated heterocycles. The summed E-state index contributed by atoms with van der Waals surface area (Å²) in [5.41, 5.74) is 1.43. The first kappa shape index (κ1) is 17.2. The smallest absolute Gasteiger partial charge is 0.252 e. The van der Waals surface area contributed by atoms with E-state index in [-0.39, 0.29) is 23.1 Å². The summed E-state index contributed by atoms with van der Waals surface area (Å²) in [4.78, 5) is 25.0. The van der Waals surface area contributed by atoms with E-state index >= 15 is 0 Å². The molecule has 0 spiro atoms. The van der Waals surface area contributed by atoms with Crippen LogP contribution in [0.4, 0.5) is 0 Å². The largest absolute Gasteiger partial charge is 0.545 e. The predicted octanol–water partition coefficient (Wildman–Crippen LogP) is 0.0274. The molecule has 0 aromatic heterocycles. The third-order valence-corrected chi connectivity index (χ3v) is 4.72. The molecule has 1 aliphatic heterocycles. The van der Waals surface area contributed by atoms with Crippen LogP contribution in [0.15, 0.2) is 54.6 Å². The van der Waals surface area contributed by atoms with Crippen LogP contribution in [0.3, 0.4) is 0 Å². The van der Waals surface area contributed by atoms with Crippen molar-refractivity contribution in [2.75, 3.05) is 13.1 Å². The lowest BCUT2D eigenvalue weighted by Gasteiger charge is -2.30. The minimum absolute atomic E-state index is 0.0628. The van der Waals surface area contributed by atoms with Crippen molar-refractivity contribution in [3.8, 4) is 0 Å². The van der Waals surface area contributed by atoms with Gasteiger partial charge in [-0.15, -0.1) is 0 Å². The Morgan fingerprint density at radius 1 is 0.960 bits per heavy atom. The molecular weight excluding hydrogens is 316 g/mol. The van der Waals surface area contributed by atoms with Gasteiger partial charge >= 0.3 is 0 Å². The summed E-state index contributed by atoms with van der Waals surface area (Å²) in [6, 6.07) is 16.7. The minimum atomic E-state index is -1.33. The lowest BCUT2D eigenvalue weighted by molar-refractivity contribution is -0.918. The second kappa shape index (κ2) is 7.94. The van der Waals surface area contributed by atoms with Crippen molar-refractivity contribution in [2.24, 2.45) is 0 Å². The highest BCUT2D eigenvalue weighted by atomic mass is 16.4. The first-order valence-electron chi connectivity index (χ1n) is 8.62. The van der Waals surface area contributed by atoms with Crippen molar-refractivity contribution in [2.45, 2.75) is 25.4 Å². The summed E-state index contributed by atoms with van der Waals surface area (Å²) in [5.74, 6) is -1.66. The molecule has 1 fully saturated rings. The number of aromatic carboxylic acids is 1. The van der Waals surface area contributed by atoms with Crippen molar-refractivity contribution in [3.63, 3.8) is 0 Å². The molecule has 0 aliphatic carbocycles. The molecule has 0 saturated carbocycles. The monoisotopic (exact) mass is 338 g/mol. The number of likely N-dealkylation sites (tertiary alicyclic amines) is 1. The molecule has 0 radical (unpaired) electrons. The van der Waals surface area contributed by atoms with E-state index in [9.17, 15) is 14.7 Å². The highest BCUT2D eigenvalue weighted by Gasteiger charge is 2.24. The number of nitrogens with one attached hydrogen (secondary N) is 2.